The summed E-state index contributed by atoms with van der Waals surface area (Å²) in [6.07, 6.45) is 1.73. The molecule has 17 heavy (non-hydrogen) atoms. The number of nitrogens with zero attached hydrogens (tertiary/aromatic N) is 3. The molecule has 0 spiro atoms. The van der Waals surface area contributed by atoms with Crippen LogP contribution in [0.1, 0.15) is 11.1 Å². The lowest BCUT2D eigenvalue weighted by atomic mass is 10.1. The maximum absolute atomic E-state index is 5.96. The average molecular weight is 264 g/mol. The van der Waals surface area contributed by atoms with E-state index in [1.165, 1.54) is 11.1 Å². The van der Waals surface area contributed by atoms with E-state index in [2.05, 4.69) is 46.5 Å². The minimum Gasteiger partial charge on any atom is -0.265 e. The summed E-state index contributed by atoms with van der Waals surface area (Å²) in [5.74, 6) is 0.411. The Kier molecular flexibility index (Phi) is 3.69. The number of isothiocyanates is 1. The number of thiocarbonyl (C=S) groups is 1. The zero-order valence-electron chi connectivity index (χ0n) is 9.22. The molecular formula is C12H10ClN3S. The monoisotopic (exact) mass is 263 g/mol. The van der Waals surface area contributed by atoms with Crippen LogP contribution >= 0.6 is 23.8 Å². The molecule has 0 aliphatic rings. The average Bonchev–Trinajstić information content (AvgIpc) is 2.60. The number of aliphatic imine (C=N–C) groups is 1. The number of hydrogen-bond acceptors (Lipinski definition) is 3. The molecular weight excluding hydrogens is 254 g/mol. The number of aromatic nitrogens is 2. The number of benzene rings is 1. The summed E-state index contributed by atoms with van der Waals surface area (Å²) in [5.41, 5.74) is 2.39. The van der Waals surface area contributed by atoms with Gasteiger partial charge in [0.05, 0.1) is 11.7 Å². The highest BCUT2D eigenvalue weighted by Gasteiger charge is 2.05. The zero-order chi connectivity index (χ0) is 12.3. The smallest absolute Gasteiger partial charge is 0.202 e. The largest absolute Gasteiger partial charge is 0.265 e. The molecule has 1 heterocycles. The van der Waals surface area contributed by atoms with Crippen molar-refractivity contribution in [3.8, 4) is 0 Å². The van der Waals surface area contributed by atoms with E-state index in [-0.39, 0.29) is 0 Å². The second kappa shape index (κ2) is 5.23. The van der Waals surface area contributed by atoms with Crippen molar-refractivity contribution in [3.63, 3.8) is 0 Å². The van der Waals surface area contributed by atoms with E-state index in [4.69, 9.17) is 11.6 Å². The SMILES string of the molecule is Cc1cccc(Cn2cc(Cl)c(N=C=S)n2)c1. The minimum absolute atomic E-state index is 0.411. The van der Waals surface area contributed by atoms with Gasteiger partial charge in [0.25, 0.3) is 0 Å². The highest BCUT2D eigenvalue weighted by Crippen LogP contribution is 2.22. The summed E-state index contributed by atoms with van der Waals surface area (Å²) < 4.78 is 1.74. The van der Waals surface area contributed by atoms with Crippen molar-refractivity contribution in [1.82, 2.24) is 9.78 Å². The Balaban J connectivity index is 2.24. The lowest BCUT2D eigenvalue weighted by Crippen LogP contribution is -1.99. The lowest BCUT2D eigenvalue weighted by molar-refractivity contribution is 0.688. The van der Waals surface area contributed by atoms with Gasteiger partial charge in [-0.3, -0.25) is 4.68 Å². The summed E-state index contributed by atoms with van der Waals surface area (Å²) in [7, 11) is 0. The first-order chi connectivity index (χ1) is 8.19. The van der Waals surface area contributed by atoms with Crippen LogP contribution in [0.3, 0.4) is 0 Å². The molecule has 1 aromatic carbocycles. The van der Waals surface area contributed by atoms with Gasteiger partial charge in [-0.2, -0.15) is 10.1 Å². The van der Waals surface area contributed by atoms with Crippen LogP contribution < -0.4 is 0 Å². The summed E-state index contributed by atoms with van der Waals surface area (Å²) in [6, 6.07) is 8.23. The van der Waals surface area contributed by atoms with E-state index in [0.717, 1.165) is 0 Å². The Labute approximate surface area is 110 Å². The van der Waals surface area contributed by atoms with Crippen LogP contribution in [0.4, 0.5) is 5.82 Å². The molecule has 0 saturated heterocycles. The fourth-order valence-corrected chi connectivity index (χ4v) is 1.86. The lowest BCUT2D eigenvalue weighted by Gasteiger charge is -2.02. The molecule has 0 aliphatic carbocycles. The fraction of sp³-hybridized carbons (Fsp3) is 0.167. The Hall–Kier alpha value is -1.48. The molecule has 86 valence electrons. The van der Waals surface area contributed by atoms with Gasteiger partial charge < -0.3 is 0 Å². The van der Waals surface area contributed by atoms with Gasteiger partial charge in [-0.1, -0.05) is 41.4 Å². The molecule has 5 heteroatoms. The van der Waals surface area contributed by atoms with Crippen LogP contribution in [-0.4, -0.2) is 14.9 Å². The normalized spacial score (nSPS) is 10.0. The van der Waals surface area contributed by atoms with Gasteiger partial charge in [-0.05, 0) is 24.7 Å². The quantitative estimate of drug-likeness (QED) is 0.625. The van der Waals surface area contributed by atoms with E-state index in [1.807, 2.05) is 12.1 Å². The molecule has 3 nitrogen and oxygen atoms in total. The van der Waals surface area contributed by atoms with Crippen molar-refractivity contribution in [2.45, 2.75) is 13.5 Å². The molecule has 0 radical (unpaired) electrons. The first-order valence-electron chi connectivity index (χ1n) is 5.05. The number of hydrogen-bond donors (Lipinski definition) is 0. The topological polar surface area (TPSA) is 30.2 Å². The molecule has 0 N–H and O–H groups in total. The van der Waals surface area contributed by atoms with E-state index in [0.29, 0.717) is 17.4 Å². The van der Waals surface area contributed by atoms with Gasteiger partial charge in [-0.25, -0.2) is 0 Å². The van der Waals surface area contributed by atoms with Crippen molar-refractivity contribution in [3.05, 3.63) is 46.6 Å². The summed E-state index contributed by atoms with van der Waals surface area (Å²) in [4.78, 5) is 3.79. The Morgan fingerprint density at radius 2 is 2.35 bits per heavy atom. The fourth-order valence-electron chi connectivity index (χ4n) is 1.58. The van der Waals surface area contributed by atoms with E-state index in [9.17, 15) is 0 Å². The molecule has 0 fully saturated rings. The van der Waals surface area contributed by atoms with Crippen LogP contribution in [0, 0.1) is 6.92 Å². The third-order valence-electron chi connectivity index (χ3n) is 2.28. The molecule has 2 rings (SSSR count). The maximum Gasteiger partial charge on any atom is 0.202 e. The van der Waals surface area contributed by atoms with Crippen molar-refractivity contribution in [1.29, 1.82) is 0 Å². The van der Waals surface area contributed by atoms with E-state index >= 15 is 0 Å². The number of rotatable bonds is 3. The molecule has 2 aromatic rings. The second-order valence-corrected chi connectivity index (χ2v) is 4.28. The molecule has 0 saturated carbocycles. The first kappa shape index (κ1) is 12.0. The Morgan fingerprint density at radius 1 is 1.53 bits per heavy atom. The van der Waals surface area contributed by atoms with Crippen LogP contribution in [0.25, 0.3) is 0 Å². The highest BCUT2D eigenvalue weighted by atomic mass is 35.5. The highest BCUT2D eigenvalue weighted by molar-refractivity contribution is 7.78. The van der Waals surface area contributed by atoms with Crippen molar-refractivity contribution in [2.75, 3.05) is 0 Å². The van der Waals surface area contributed by atoms with Crippen molar-refractivity contribution >= 4 is 34.8 Å². The van der Waals surface area contributed by atoms with Gasteiger partial charge in [0.15, 0.2) is 0 Å². The predicted octanol–water partition coefficient (Wildman–Crippen LogP) is 3.63. The summed E-state index contributed by atoms with van der Waals surface area (Å²) >= 11 is 10.5. The van der Waals surface area contributed by atoms with Gasteiger partial charge >= 0.3 is 0 Å². The molecule has 0 bridgehead atoms. The van der Waals surface area contributed by atoms with Gasteiger partial charge in [-0.15, -0.1) is 0 Å². The van der Waals surface area contributed by atoms with E-state index in [1.54, 1.807) is 10.9 Å². The van der Waals surface area contributed by atoms with Gasteiger partial charge in [0.1, 0.15) is 5.02 Å². The molecule has 1 aromatic heterocycles. The van der Waals surface area contributed by atoms with Gasteiger partial charge in [0, 0.05) is 6.20 Å². The van der Waals surface area contributed by atoms with Crippen LogP contribution in [-0.2, 0) is 6.54 Å². The molecule has 0 aliphatic heterocycles. The number of halogens is 1. The summed E-state index contributed by atoms with van der Waals surface area (Å²) in [5, 5.41) is 6.95. The Morgan fingerprint density at radius 3 is 3.06 bits per heavy atom. The zero-order valence-corrected chi connectivity index (χ0v) is 10.8. The number of aryl methyl sites for hydroxylation is 1. The van der Waals surface area contributed by atoms with Crippen molar-refractivity contribution in [2.24, 2.45) is 4.99 Å². The second-order valence-electron chi connectivity index (χ2n) is 3.69. The van der Waals surface area contributed by atoms with Crippen LogP contribution in [0.2, 0.25) is 5.02 Å². The molecule has 0 atom stereocenters. The predicted molar refractivity (Wildman–Crippen MR) is 72.2 cm³/mol. The standard InChI is InChI=1S/C12H10ClN3S/c1-9-3-2-4-10(5-9)6-16-7-11(13)12(15-16)14-8-17/h2-5,7H,6H2,1H3. The van der Waals surface area contributed by atoms with Crippen molar-refractivity contribution < 1.29 is 0 Å². The maximum atomic E-state index is 5.96. The van der Waals surface area contributed by atoms with E-state index < -0.39 is 0 Å². The third kappa shape index (κ3) is 3.01. The van der Waals surface area contributed by atoms with Gasteiger partial charge in [0.2, 0.25) is 5.82 Å². The minimum atomic E-state index is 0.411. The Bertz CT molecular complexity index is 585. The first-order valence-corrected chi connectivity index (χ1v) is 5.84. The third-order valence-corrected chi connectivity index (χ3v) is 2.64. The van der Waals surface area contributed by atoms with Crippen LogP contribution in [0.15, 0.2) is 35.5 Å². The molecule has 0 amide bonds. The van der Waals surface area contributed by atoms with Crippen LogP contribution in [0.5, 0.6) is 0 Å². The molecule has 0 unspecified atom stereocenters. The summed E-state index contributed by atoms with van der Waals surface area (Å²) in [6.45, 7) is 2.72.